The number of aliphatic hydroxyl groups excluding tert-OH is 1. The molecule has 1 saturated heterocycles. The number of hydrogen-bond donors (Lipinski definition) is 1. The first-order chi connectivity index (χ1) is 9.72. The Morgan fingerprint density at radius 1 is 1.55 bits per heavy atom. The normalized spacial score (nSPS) is 23.2. The van der Waals surface area contributed by atoms with E-state index >= 15 is 0 Å². The maximum absolute atomic E-state index is 9.14. The van der Waals surface area contributed by atoms with Gasteiger partial charge in [-0.3, -0.25) is 4.90 Å². The Morgan fingerprint density at radius 2 is 2.40 bits per heavy atom. The van der Waals surface area contributed by atoms with E-state index in [1.54, 1.807) is 12.1 Å². The number of aliphatic hydroxyl groups is 1. The average Bonchev–Trinajstić information content (AvgIpc) is 2.49. The fourth-order valence-electron chi connectivity index (χ4n) is 2.23. The first-order valence-corrected chi connectivity index (χ1v) is 6.82. The Hall–Kier alpha value is -1.61. The summed E-state index contributed by atoms with van der Waals surface area (Å²) in [5.41, 5.74) is 0.600. The van der Waals surface area contributed by atoms with Crippen molar-refractivity contribution in [1.82, 2.24) is 4.90 Å². The largest absolute Gasteiger partial charge is 0.492 e. The van der Waals surface area contributed by atoms with Crippen LogP contribution in [0.4, 0.5) is 0 Å². The van der Waals surface area contributed by atoms with Gasteiger partial charge in [-0.2, -0.15) is 5.26 Å². The fraction of sp³-hybridized carbons (Fsp3) is 0.533. The first-order valence-electron chi connectivity index (χ1n) is 6.82. The van der Waals surface area contributed by atoms with Crippen molar-refractivity contribution in [3.8, 4) is 11.8 Å². The predicted octanol–water partition coefficient (Wildman–Crippen LogP) is 1.02. The van der Waals surface area contributed by atoms with Gasteiger partial charge in [0.2, 0.25) is 0 Å². The van der Waals surface area contributed by atoms with Crippen molar-refractivity contribution >= 4 is 0 Å². The van der Waals surface area contributed by atoms with Gasteiger partial charge in [0.1, 0.15) is 12.4 Å². The van der Waals surface area contributed by atoms with Gasteiger partial charge in [-0.05, 0) is 25.1 Å². The molecule has 0 saturated carbocycles. The van der Waals surface area contributed by atoms with E-state index in [2.05, 4.69) is 17.9 Å². The predicted molar refractivity (Wildman–Crippen MR) is 74.5 cm³/mol. The highest BCUT2D eigenvalue weighted by Gasteiger charge is 2.25. The molecule has 5 nitrogen and oxygen atoms in total. The molecule has 1 aromatic rings. The minimum Gasteiger partial charge on any atom is -0.492 e. The van der Waals surface area contributed by atoms with E-state index in [4.69, 9.17) is 19.8 Å². The number of nitriles is 1. The number of morpholine rings is 1. The summed E-state index contributed by atoms with van der Waals surface area (Å²) in [5.74, 6) is 0.712. The summed E-state index contributed by atoms with van der Waals surface area (Å²) in [6, 6.07) is 9.57. The minimum atomic E-state index is -0.104. The summed E-state index contributed by atoms with van der Waals surface area (Å²) in [5, 5.41) is 18.0. The van der Waals surface area contributed by atoms with Crippen LogP contribution in [0.1, 0.15) is 12.5 Å². The molecule has 1 aromatic carbocycles. The van der Waals surface area contributed by atoms with Gasteiger partial charge in [-0.25, -0.2) is 0 Å². The summed E-state index contributed by atoms with van der Waals surface area (Å²) < 4.78 is 11.2. The maximum atomic E-state index is 9.14. The Balaban J connectivity index is 1.81. The Morgan fingerprint density at radius 3 is 3.15 bits per heavy atom. The van der Waals surface area contributed by atoms with Crippen LogP contribution in [0.5, 0.6) is 5.75 Å². The van der Waals surface area contributed by atoms with Gasteiger partial charge >= 0.3 is 0 Å². The summed E-state index contributed by atoms with van der Waals surface area (Å²) in [4.78, 5) is 2.25. The molecule has 0 aliphatic carbocycles. The highest BCUT2D eigenvalue weighted by atomic mass is 16.5. The molecule has 1 aliphatic rings. The van der Waals surface area contributed by atoms with Crippen LogP contribution in [0.2, 0.25) is 0 Å². The topological polar surface area (TPSA) is 65.7 Å². The van der Waals surface area contributed by atoms with Crippen molar-refractivity contribution < 1.29 is 14.6 Å². The molecule has 108 valence electrons. The summed E-state index contributed by atoms with van der Waals surface area (Å²) in [7, 11) is 0. The van der Waals surface area contributed by atoms with E-state index in [0.29, 0.717) is 30.6 Å². The molecule has 1 aliphatic heterocycles. The zero-order chi connectivity index (χ0) is 14.4. The van der Waals surface area contributed by atoms with Crippen LogP contribution in [-0.4, -0.2) is 55.1 Å². The summed E-state index contributed by atoms with van der Waals surface area (Å²) >= 11 is 0. The van der Waals surface area contributed by atoms with E-state index in [0.717, 1.165) is 13.1 Å². The Labute approximate surface area is 119 Å². The van der Waals surface area contributed by atoms with Crippen LogP contribution in [0.3, 0.4) is 0 Å². The molecule has 0 amide bonds. The van der Waals surface area contributed by atoms with Gasteiger partial charge in [-0.1, -0.05) is 6.07 Å². The van der Waals surface area contributed by atoms with E-state index < -0.39 is 0 Å². The van der Waals surface area contributed by atoms with Crippen LogP contribution in [0, 0.1) is 11.3 Å². The highest BCUT2D eigenvalue weighted by Crippen LogP contribution is 2.14. The fourth-order valence-corrected chi connectivity index (χ4v) is 2.23. The number of hydrogen-bond acceptors (Lipinski definition) is 5. The molecule has 2 rings (SSSR count). The molecule has 2 unspecified atom stereocenters. The second kappa shape index (κ2) is 7.25. The van der Waals surface area contributed by atoms with Crippen molar-refractivity contribution in [3.63, 3.8) is 0 Å². The van der Waals surface area contributed by atoms with Crippen molar-refractivity contribution in [1.29, 1.82) is 5.26 Å². The molecular weight excluding hydrogens is 256 g/mol. The lowest BCUT2D eigenvalue weighted by Gasteiger charge is -2.37. The zero-order valence-electron chi connectivity index (χ0n) is 11.7. The standard InChI is InChI=1S/C15H20N2O3/c1-12-11-20-15(10-18)9-17(12)5-6-19-14-4-2-3-13(7-14)8-16/h2-4,7,12,15,18H,5-6,9-11H2,1H3. The maximum Gasteiger partial charge on any atom is 0.120 e. The van der Waals surface area contributed by atoms with Gasteiger partial charge in [0.25, 0.3) is 0 Å². The number of rotatable bonds is 5. The number of benzene rings is 1. The second-order valence-electron chi connectivity index (χ2n) is 4.97. The third kappa shape index (κ3) is 3.94. The zero-order valence-corrected chi connectivity index (χ0v) is 11.7. The van der Waals surface area contributed by atoms with E-state index in [-0.39, 0.29) is 12.7 Å². The smallest absolute Gasteiger partial charge is 0.120 e. The lowest BCUT2D eigenvalue weighted by Crippen LogP contribution is -2.50. The van der Waals surface area contributed by atoms with Crippen molar-refractivity contribution in [2.45, 2.75) is 19.1 Å². The van der Waals surface area contributed by atoms with E-state index in [1.807, 2.05) is 12.1 Å². The molecule has 0 bridgehead atoms. The van der Waals surface area contributed by atoms with Crippen LogP contribution in [0.15, 0.2) is 24.3 Å². The molecular formula is C15H20N2O3. The van der Waals surface area contributed by atoms with Crippen LogP contribution in [-0.2, 0) is 4.74 Å². The lowest BCUT2D eigenvalue weighted by molar-refractivity contribution is -0.0798. The van der Waals surface area contributed by atoms with Crippen LogP contribution < -0.4 is 4.74 Å². The number of ether oxygens (including phenoxy) is 2. The Bertz CT molecular complexity index is 472. The summed E-state index contributed by atoms with van der Waals surface area (Å²) in [6.07, 6.45) is -0.104. The van der Waals surface area contributed by atoms with Crippen molar-refractivity contribution in [3.05, 3.63) is 29.8 Å². The molecule has 0 radical (unpaired) electrons. The van der Waals surface area contributed by atoms with Gasteiger partial charge in [0, 0.05) is 19.1 Å². The average molecular weight is 276 g/mol. The second-order valence-corrected chi connectivity index (χ2v) is 4.97. The highest BCUT2D eigenvalue weighted by molar-refractivity contribution is 5.36. The molecule has 5 heteroatoms. The molecule has 1 heterocycles. The van der Waals surface area contributed by atoms with Gasteiger partial charge in [0.05, 0.1) is 31.0 Å². The third-order valence-corrected chi connectivity index (χ3v) is 3.45. The first kappa shape index (κ1) is 14.8. The van der Waals surface area contributed by atoms with Crippen LogP contribution >= 0.6 is 0 Å². The molecule has 2 atom stereocenters. The van der Waals surface area contributed by atoms with E-state index in [9.17, 15) is 0 Å². The molecule has 20 heavy (non-hydrogen) atoms. The quantitative estimate of drug-likeness (QED) is 0.869. The molecule has 1 fully saturated rings. The van der Waals surface area contributed by atoms with Crippen LogP contribution in [0.25, 0.3) is 0 Å². The monoisotopic (exact) mass is 276 g/mol. The van der Waals surface area contributed by atoms with Gasteiger partial charge < -0.3 is 14.6 Å². The summed E-state index contributed by atoms with van der Waals surface area (Å²) in [6.45, 7) is 4.84. The Kier molecular flexibility index (Phi) is 5.36. The van der Waals surface area contributed by atoms with E-state index in [1.165, 1.54) is 0 Å². The van der Waals surface area contributed by atoms with Gasteiger partial charge in [-0.15, -0.1) is 0 Å². The minimum absolute atomic E-state index is 0.0499. The lowest BCUT2D eigenvalue weighted by atomic mass is 10.2. The third-order valence-electron chi connectivity index (χ3n) is 3.45. The van der Waals surface area contributed by atoms with Crippen molar-refractivity contribution in [2.24, 2.45) is 0 Å². The SMILES string of the molecule is CC1COC(CO)CN1CCOc1cccc(C#N)c1. The molecule has 0 spiro atoms. The van der Waals surface area contributed by atoms with Gasteiger partial charge in [0.15, 0.2) is 0 Å². The molecule has 1 N–H and O–H groups in total. The van der Waals surface area contributed by atoms with Crippen molar-refractivity contribution in [2.75, 3.05) is 32.9 Å². The number of nitrogens with zero attached hydrogens (tertiary/aromatic N) is 2. The molecule has 0 aromatic heterocycles.